The fourth-order valence-electron chi connectivity index (χ4n) is 0.845. The second kappa shape index (κ2) is 4.47. The molecule has 0 aromatic carbocycles. The van der Waals surface area contributed by atoms with Gasteiger partial charge in [0.25, 0.3) is 0 Å². The highest BCUT2D eigenvalue weighted by atomic mass is 79.9. The first kappa shape index (κ1) is 11.8. The molecular weight excluding hydrogens is 267 g/mol. The van der Waals surface area contributed by atoms with Crippen LogP contribution < -0.4 is 5.32 Å². The van der Waals surface area contributed by atoms with Crippen LogP contribution in [0, 0.1) is 0 Å². The molecular formula is C9H12BrClN2O. The average molecular weight is 280 g/mol. The number of hydrogen-bond acceptors (Lipinski definition) is 3. The lowest BCUT2D eigenvalue weighted by Gasteiger charge is -2.18. The van der Waals surface area contributed by atoms with Gasteiger partial charge in [0.15, 0.2) is 0 Å². The highest BCUT2D eigenvalue weighted by Gasteiger charge is 2.12. The Hall–Kier alpha value is -0.320. The van der Waals surface area contributed by atoms with Crippen molar-refractivity contribution in [1.82, 2.24) is 4.98 Å². The summed E-state index contributed by atoms with van der Waals surface area (Å²) in [7, 11) is 0. The summed E-state index contributed by atoms with van der Waals surface area (Å²) in [6.45, 7) is 3.88. The van der Waals surface area contributed by atoms with E-state index in [1.807, 2.05) is 0 Å². The van der Waals surface area contributed by atoms with E-state index in [2.05, 4.69) is 26.2 Å². The van der Waals surface area contributed by atoms with Crippen molar-refractivity contribution in [3.05, 3.63) is 21.8 Å². The van der Waals surface area contributed by atoms with Crippen LogP contribution in [0.15, 0.2) is 16.7 Å². The molecule has 14 heavy (non-hydrogen) atoms. The summed E-state index contributed by atoms with van der Waals surface area (Å²) in [5.41, 5.74) is -0.763. The average Bonchev–Trinajstić information content (AvgIpc) is 2.00. The number of nitrogens with one attached hydrogen (secondary N) is 1. The van der Waals surface area contributed by atoms with Crippen molar-refractivity contribution in [2.45, 2.75) is 19.4 Å². The van der Waals surface area contributed by atoms with Gasteiger partial charge in [0.2, 0.25) is 0 Å². The maximum absolute atomic E-state index is 9.49. The van der Waals surface area contributed by atoms with E-state index in [9.17, 15) is 5.11 Å². The third kappa shape index (κ3) is 3.82. The minimum atomic E-state index is -0.763. The van der Waals surface area contributed by atoms with E-state index in [0.717, 1.165) is 4.47 Å². The summed E-state index contributed by atoms with van der Waals surface area (Å²) in [5.74, 6) is 0.677. The van der Waals surface area contributed by atoms with Crippen LogP contribution in [0.5, 0.6) is 0 Å². The number of halogens is 2. The van der Waals surface area contributed by atoms with E-state index < -0.39 is 5.60 Å². The zero-order valence-electron chi connectivity index (χ0n) is 8.01. The molecule has 0 fully saturated rings. The Morgan fingerprint density at radius 3 is 2.79 bits per heavy atom. The molecule has 1 aromatic rings. The number of nitrogens with zero attached hydrogens (tertiary/aromatic N) is 1. The van der Waals surface area contributed by atoms with Crippen LogP contribution in [0.1, 0.15) is 13.8 Å². The summed E-state index contributed by atoms with van der Waals surface area (Å²) in [4.78, 5) is 4.08. The largest absolute Gasteiger partial charge is 0.389 e. The van der Waals surface area contributed by atoms with Crippen LogP contribution in [-0.2, 0) is 0 Å². The topological polar surface area (TPSA) is 45.1 Å². The second-order valence-corrected chi connectivity index (χ2v) is 4.94. The zero-order valence-corrected chi connectivity index (χ0v) is 10.4. The molecule has 0 aliphatic heterocycles. The van der Waals surface area contributed by atoms with Gasteiger partial charge in [-0.3, -0.25) is 0 Å². The zero-order chi connectivity index (χ0) is 10.8. The molecule has 0 amide bonds. The number of aliphatic hydroxyl groups is 1. The van der Waals surface area contributed by atoms with Gasteiger partial charge >= 0.3 is 0 Å². The Morgan fingerprint density at radius 1 is 1.64 bits per heavy atom. The van der Waals surface area contributed by atoms with Crippen LogP contribution in [0.25, 0.3) is 0 Å². The van der Waals surface area contributed by atoms with Gasteiger partial charge in [-0.05, 0) is 35.8 Å². The van der Waals surface area contributed by atoms with Gasteiger partial charge in [-0.25, -0.2) is 4.98 Å². The summed E-state index contributed by atoms with van der Waals surface area (Å²) < 4.78 is 0.786. The predicted octanol–water partition coefficient (Wildman–Crippen LogP) is 2.68. The van der Waals surface area contributed by atoms with Gasteiger partial charge in [0, 0.05) is 12.7 Å². The quantitative estimate of drug-likeness (QED) is 0.894. The van der Waals surface area contributed by atoms with Crippen LogP contribution in [0.3, 0.4) is 0 Å². The van der Waals surface area contributed by atoms with Crippen molar-refractivity contribution in [2.75, 3.05) is 11.9 Å². The normalized spacial score (nSPS) is 11.5. The monoisotopic (exact) mass is 278 g/mol. The molecule has 3 nitrogen and oxygen atoms in total. The van der Waals surface area contributed by atoms with Crippen LogP contribution >= 0.6 is 27.5 Å². The first-order chi connectivity index (χ1) is 6.38. The molecule has 0 saturated heterocycles. The van der Waals surface area contributed by atoms with E-state index in [0.29, 0.717) is 17.4 Å². The molecule has 5 heteroatoms. The van der Waals surface area contributed by atoms with Gasteiger partial charge in [0.05, 0.1) is 15.1 Å². The molecule has 0 spiro atoms. The van der Waals surface area contributed by atoms with Crippen LogP contribution in [-0.4, -0.2) is 22.2 Å². The van der Waals surface area contributed by atoms with Crippen molar-refractivity contribution in [2.24, 2.45) is 0 Å². The fourth-order valence-corrected chi connectivity index (χ4v) is 1.62. The first-order valence-corrected chi connectivity index (χ1v) is 5.33. The van der Waals surface area contributed by atoms with Gasteiger partial charge in [-0.15, -0.1) is 0 Å². The Bertz CT molecular complexity index is 325. The van der Waals surface area contributed by atoms with Crippen molar-refractivity contribution in [3.63, 3.8) is 0 Å². The van der Waals surface area contributed by atoms with Crippen molar-refractivity contribution in [1.29, 1.82) is 0 Å². The van der Waals surface area contributed by atoms with E-state index in [-0.39, 0.29) is 0 Å². The lowest BCUT2D eigenvalue weighted by Crippen LogP contribution is -2.29. The Balaban J connectivity index is 2.68. The molecule has 0 atom stereocenters. The smallest absolute Gasteiger partial charge is 0.140 e. The van der Waals surface area contributed by atoms with E-state index in [1.165, 1.54) is 0 Å². The molecule has 0 saturated carbocycles. The molecule has 1 rings (SSSR count). The third-order valence-corrected chi connectivity index (χ3v) is 2.31. The number of rotatable bonds is 3. The maximum atomic E-state index is 9.49. The number of aromatic nitrogens is 1. The summed E-state index contributed by atoms with van der Waals surface area (Å²) in [6.07, 6.45) is 1.55. The lowest BCUT2D eigenvalue weighted by molar-refractivity contribution is 0.0944. The minimum absolute atomic E-state index is 0.431. The SMILES string of the molecule is CC(C)(O)CNc1ncc(Cl)cc1Br. The van der Waals surface area contributed by atoms with E-state index in [4.69, 9.17) is 11.6 Å². The van der Waals surface area contributed by atoms with Gasteiger partial charge in [-0.2, -0.15) is 0 Å². The number of hydrogen-bond donors (Lipinski definition) is 2. The molecule has 0 aliphatic carbocycles. The Labute approximate surface area is 96.6 Å². The molecule has 0 unspecified atom stereocenters. The summed E-state index contributed by atoms with van der Waals surface area (Å²) in [6, 6.07) is 1.75. The molecule has 0 radical (unpaired) electrons. The first-order valence-electron chi connectivity index (χ1n) is 4.16. The van der Waals surface area contributed by atoms with Gasteiger partial charge in [-0.1, -0.05) is 11.6 Å². The molecule has 78 valence electrons. The Kier molecular flexibility index (Phi) is 3.75. The minimum Gasteiger partial charge on any atom is -0.389 e. The van der Waals surface area contributed by atoms with Crippen LogP contribution in [0.2, 0.25) is 5.02 Å². The third-order valence-electron chi connectivity index (χ3n) is 1.50. The van der Waals surface area contributed by atoms with Crippen LogP contribution in [0.4, 0.5) is 5.82 Å². The molecule has 0 bridgehead atoms. The highest BCUT2D eigenvalue weighted by molar-refractivity contribution is 9.10. The number of anilines is 1. The van der Waals surface area contributed by atoms with Gasteiger partial charge in [0.1, 0.15) is 5.82 Å². The Morgan fingerprint density at radius 2 is 2.29 bits per heavy atom. The molecule has 2 N–H and O–H groups in total. The number of pyridine rings is 1. The fraction of sp³-hybridized carbons (Fsp3) is 0.444. The standard InChI is InChI=1S/C9H12BrClN2O/c1-9(2,14)5-13-8-7(10)3-6(11)4-12-8/h3-4,14H,5H2,1-2H3,(H,12,13). The van der Waals surface area contributed by atoms with Crippen molar-refractivity contribution >= 4 is 33.3 Å². The summed E-state index contributed by atoms with van der Waals surface area (Å²) >= 11 is 9.06. The lowest BCUT2D eigenvalue weighted by atomic mass is 10.1. The molecule has 1 heterocycles. The molecule has 0 aliphatic rings. The van der Waals surface area contributed by atoms with E-state index in [1.54, 1.807) is 26.1 Å². The second-order valence-electron chi connectivity index (χ2n) is 3.65. The van der Waals surface area contributed by atoms with Crippen molar-refractivity contribution in [3.8, 4) is 0 Å². The summed E-state index contributed by atoms with van der Waals surface area (Å²) in [5, 5.41) is 13.1. The maximum Gasteiger partial charge on any atom is 0.140 e. The predicted molar refractivity (Wildman–Crippen MR) is 61.7 cm³/mol. The van der Waals surface area contributed by atoms with Gasteiger partial charge < -0.3 is 10.4 Å². The highest BCUT2D eigenvalue weighted by Crippen LogP contribution is 2.23. The van der Waals surface area contributed by atoms with Crippen molar-refractivity contribution < 1.29 is 5.11 Å². The molecule has 1 aromatic heterocycles. The van der Waals surface area contributed by atoms with E-state index >= 15 is 0 Å².